The molecular weight excluding hydrogens is 518 g/mol. The highest BCUT2D eigenvalue weighted by Crippen LogP contribution is 2.29. The summed E-state index contributed by atoms with van der Waals surface area (Å²) in [6.45, 7) is 9.13. The lowest BCUT2D eigenvalue weighted by molar-refractivity contribution is 0.0643. The standard InChI is InChI=1S/C33H41N3O5/c1-23(2)36(24(3)4)33(38)27-16-19-29(30(22-27)39-5)41-21-11-7-10-20-40-28-17-14-25(15-18-28)31(34)35-32(37)26-12-8-6-9-13-26/h6,8-9,12-19,22-24H,7,10-11,20-21H2,1-5H3,(H2,34,35,37). The van der Waals surface area contributed by atoms with E-state index >= 15 is 0 Å². The van der Waals surface area contributed by atoms with Crippen LogP contribution in [0.25, 0.3) is 0 Å². The second-order valence-electron chi connectivity index (χ2n) is 10.2. The van der Waals surface area contributed by atoms with Gasteiger partial charge in [0.05, 0.1) is 20.3 Å². The summed E-state index contributed by atoms with van der Waals surface area (Å²) in [5, 5.41) is 10.8. The van der Waals surface area contributed by atoms with E-state index in [4.69, 9.17) is 19.6 Å². The lowest BCUT2D eigenvalue weighted by Gasteiger charge is -2.31. The van der Waals surface area contributed by atoms with Crippen molar-refractivity contribution in [3.8, 4) is 17.2 Å². The number of carbonyl (C=O) groups is 2. The quantitative estimate of drug-likeness (QED) is 0.136. The van der Waals surface area contributed by atoms with Crippen molar-refractivity contribution in [3.05, 3.63) is 89.5 Å². The third-order valence-electron chi connectivity index (χ3n) is 6.49. The van der Waals surface area contributed by atoms with E-state index in [9.17, 15) is 9.59 Å². The van der Waals surface area contributed by atoms with Crippen LogP contribution in [0.5, 0.6) is 17.2 Å². The van der Waals surface area contributed by atoms with Crippen molar-refractivity contribution in [1.29, 1.82) is 5.41 Å². The fraction of sp³-hybridized carbons (Fsp3) is 0.364. The molecule has 0 saturated heterocycles. The molecule has 0 unspecified atom stereocenters. The maximum Gasteiger partial charge on any atom is 0.256 e. The van der Waals surface area contributed by atoms with Crippen molar-refractivity contribution in [2.45, 2.75) is 59.0 Å². The molecule has 2 N–H and O–H groups in total. The van der Waals surface area contributed by atoms with Gasteiger partial charge in [-0.2, -0.15) is 0 Å². The average Bonchev–Trinajstić information content (AvgIpc) is 2.97. The number of ether oxygens (including phenoxy) is 3. The highest BCUT2D eigenvalue weighted by atomic mass is 16.5. The van der Waals surface area contributed by atoms with Crippen LogP contribution in [0.2, 0.25) is 0 Å². The van der Waals surface area contributed by atoms with Gasteiger partial charge >= 0.3 is 0 Å². The second-order valence-corrected chi connectivity index (χ2v) is 10.2. The predicted molar refractivity (Wildman–Crippen MR) is 161 cm³/mol. The lowest BCUT2D eigenvalue weighted by Crippen LogP contribution is -2.42. The van der Waals surface area contributed by atoms with Crippen molar-refractivity contribution < 1.29 is 23.8 Å². The molecule has 3 rings (SSSR count). The van der Waals surface area contributed by atoms with E-state index in [2.05, 4.69) is 5.32 Å². The van der Waals surface area contributed by atoms with Crippen LogP contribution in [0.4, 0.5) is 0 Å². The van der Waals surface area contributed by atoms with Crippen molar-refractivity contribution in [2.75, 3.05) is 20.3 Å². The van der Waals surface area contributed by atoms with Crippen LogP contribution in [0, 0.1) is 5.41 Å². The molecule has 3 aromatic rings. The van der Waals surface area contributed by atoms with Gasteiger partial charge in [0, 0.05) is 28.8 Å². The number of benzene rings is 3. The summed E-state index contributed by atoms with van der Waals surface area (Å²) >= 11 is 0. The zero-order valence-electron chi connectivity index (χ0n) is 24.6. The van der Waals surface area contributed by atoms with Gasteiger partial charge in [-0.15, -0.1) is 0 Å². The van der Waals surface area contributed by atoms with Gasteiger partial charge in [0.1, 0.15) is 11.6 Å². The third kappa shape index (κ3) is 9.10. The van der Waals surface area contributed by atoms with Crippen LogP contribution in [-0.4, -0.2) is 55.0 Å². The molecule has 0 radical (unpaired) electrons. The molecule has 218 valence electrons. The zero-order chi connectivity index (χ0) is 29.8. The minimum absolute atomic E-state index is 0.0254. The van der Waals surface area contributed by atoms with Crippen LogP contribution in [-0.2, 0) is 0 Å². The summed E-state index contributed by atoms with van der Waals surface area (Å²) in [4.78, 5) is 27.1. The Morgan fingerprint density at radius 3 is 1.98 bits per heavy atom. The summed E-state index contributed by atoms with van der Waals surface area (Å²) in [6, 6.07) is 21.4. The molecule has 41 heavy (non-hydrogen) atoms. The normalized spacial score (nSPS) is 10.8. The van der Waals surface area contributed by atoms with E-state index in [1.807, 2.05) is 38.7 Å². The van der Waals surface area contributed by atoms with Crippen LogP contribution < -0.4 is 19.5 Å². The van der Waals surface area contributed by atoms with Gasteiger partial charge in [-0.3, -0.25) is 15.0 Å². The summed E-state index contributed by atoms with van der Waals surface area (Å²) in [5.74, 6) is 1.57. The molecule has 0 heterocycles. The SMILES string of the molecule is COc1cc(C(=O)N(C(C)C)C(C)C)ccc1OCCCCCOc1ccc(C(=N)NC(=O)c2ccccc2)cc1. The Labute approximate surface area is 243 Å². The molecule has 0 aromatic heterocycles. The summed E-state index contributed by atoms with van der Waals surface area (Å²) in [6.07, 6.45) is 2.63. The first-order valence-electron chi connectivity index (χ1n) is 14.0. The van der Waals surface area contributed by atoms with E-state index in [0.29, 0.717) is 47.2 Å². The number of nitrogens with zero attached hydrogens (tertiary/aromatic N) is 1. The van der Waals surface area contributed by atoms with Gasteiger partial charge < -0.3 is 24.4 Å². The number of hydrogen-bond donors (Lipinski definition) is 2. The van der Waals surface area contributed by atoms with Crippen LogP contribution in [0.1, 0.15) is 73.2 Å². The first-order chi connectivity index (χ1) is 19.7. The smallest absolute Gasteiger partial charge is 0.256 e. The van der Waals surface area contributed by atoms with Crippen molar-refractivity contribution in [2.24, 2.45) is 0 Å². The van der Waals surface area contributed by atoms with Crippen LogP contribution in [0.15, 0.2) is 72.8 Å². The molecular formula is C33H41N3O5. The van der Waals surface area contributed by atoms with Crippen molar-refractivity contribution >= 4 is 17.6 Å². The zero-order valence-corrected chi connectivity index (χ0v) is 24.6. The van der Waals surface area contributed by atoms with Gasteiger partial charge in [0.25, 0.3) is 11.8 Å². The van der Waals surface area contributed by atoms with Gasteiger partial charge in [-0.25, -0.2) is 0 Å². The van der Waals surface area contributed by atoms with E-state index in [1.54, 1.807) is 73.8 Å². The Morgan fingerprint density at radius 2 is 1.37 bits per heavy atom. The first kappa shape index (κ1) is 31.2. The number of methoxy groups -OCH3 is 1. The number of hydrogen-bond acceptors (Lipinski definition) is 6. The Bertz CT molecular complexity index is 1280. The van der Waals surface area contributed by atoms with Crippen LogP contribution >= 0.6 is 0 Å². The van der Waals surface area contributed by atoms with Gasteiger partial charge in [-0.05, 0) is 102 Å². The van der Waals surface area contributed by atoms with Gasteiger partial charge in [-0.1, -0.05) is 18.2 Å². The third-order valence-corrected chi connectivity index (χ3v) is 6.49. The van der Waals surface area contributed by atoms with E-state index < -0.39 is 0 Å². The minimum Gasteiger partial charge on any atom is -0.494 e. The number of amides is 2. The Balaban J connectivity index is 1.38. The molecule has 0 aliphatic rings. The molecule has 2 amide bonds. The Morgan fingerprint density at radius 1 is 0.756 bits per heavy atom. The van der Waals surface area contributed by atoms with Gasteiger partial charge in [0.15, 0.2) is 11.5 Å². The molecule has 0 saturated carbocycles. The fourth-order valence-electron chi connectivity index (χ4n) is 4.45. The van der Waals surface area contributed by atoms with Crippen molar-refractivity contribution in [1.82, 2.24) is 10.2 Å². The van der Waals surface area contributed by atoms with E-state index in [1.165, 1.54) is 0 Å². The minimum atomic E-state index is -0.315. The van der Waals surface area contributed by atoms with Crippen molar-refractivity contribution in [3.63, 3.8) is 0 Å². The Kier molecular flexibility index (Phi) is 11.8. The molecule has 0 atom stereocenters. The summed E-state index contributed by atoms with van der Waals surface area (Å²) in [7, 11) is 1.58. The summed E-state index contributed by atoms with van der Waals surface area (Å²) in [5.41, 5.74) is 1.69. The highest BCUT2D eigenvalue weighted by molar-refractivity contribution is 6.11. The Hall–Kier alpha value is -4.33. The number of carbonyl (C=O) groups excluding carboxylic acids is 2. The molecule has 8 nitrogen and oxygen atoms in total. The summed E-state index contributed by atoms with van der Waals surface area (Å²) < 4.78 is 17.3. The number of nitrogens with one attached hydrogen (secondary N) is 2. The number of unbranched alkanes of at least 4 members (excludes halogenated alkanes) is 2. The van der Waals surface area contributed by atoms with Crippen LogP contribution in [0.3, 0.4) is 0 Å². The lowest BCUT2D eigenvalue weighted by atomic mass is 10.1. The second kappa shape index (κ2) is 15.5. The molecule has 0 bridgehead atoms. The molecule has 8 heteroatoms. The maximum absolute atomic E-state index is 13.0. The molecule has 0 spiro atoms. The average molecular weight is 560 g/mol. The molecule has 0 aliphatic heterocycles. The highest BCUT2D eigenvalue weighted by Gasteiger charge is 2.22. The molecule has 0 fully saturated rings. The first-order valence-corrected chi connectivity index (χ1v) is 14.0. The fourth-order valence-corrected chi connectivity index (χ4v) is 4.45. The largest absolute Gasteiger partial charge is 0.494 e. The van der Waals surface area contributed by atoms with E-state index in [-0.39, 0.29) is 29.7 Å². The maximum atomic E-state index is 13.0. The number of amidine groups is 1. The molecule has 3 aromatic carbocycles. The van der Waals surface area contributed by atoms with E-state index in [0.717, 1.165) is 19.3 Å². The molecule has 0 aliphatic carbocycles. The topological polar surface area (TPSA) is 101 Å². The number of rotatable bonds is 14. The predicted octanol–water partition coefficient (Wildman–Crippen LogP) is 6.34. The van der Waals surface area contributed by atoms with Gasteiger partial charge in [0.2, 0.25) is 0 Å². The monoisotopic (exact) mass is 559 g/mol.